The van der Waals surface area contributed by atoms with Gasteiger partial charge in [0.2, 0.25) is 5.88 Å². The Kier molecular flexibility index (Phi) is 3.70. The van der Waals surface area contributed by atoms with E-state index in [0.717, 1.165) is 30.4 Å². The molecule has 0 amide bonds. The number of hydrogen-bond acceptors (Lipinski definition) is 3. The van der Waals surface area contributed by atoms with Gasteiger partial charge in [0, 0.05) is 11.8 Å². The Morgan fingerprint density at radius 2 is 2.10 bits per heavy atom. The molecule has 104 valence electrons. The second-order valence-electron chi connectivity index (χ2n) is 5.32. The summed E-state index contributed by atoms with van der Waals surface area (Å²) >= 11 is 0. The molecule has 0 fully saturated rings. The van der Waals surface area contributed by atoms with Gasteiger partial charge in [0.05, 0.1) is 13.2 Å². The second-order valence-corrected chi connectivity index (χ2v) is 5.32. The molecule has 1 aliphatic rings. The topological polar surface area (TPSA) is 42.4 Å². The van der Waals surface area contributed by atoms with E-state index in [1.807, 2.05) is 30.3 Å². The van der Waals surface area contributed by atoms with Crippen LogP contribution in [0, 0.1) is 5.92 Å². The van der Waals surface area contributed by atoms with Crippen molar-refractivity contribution in [3.05, 3.63) is 59.3 Å². The van der Waals surface area contributed by atoms with Gasteiger partial charge in [0.1, 0.15) is 0 Å². The Morgan fingerprint density at radius 1 is 1.25 bits per heavy atom. The molecule has 2 atom stereocenters. The molecule has 1 aromatic carbocycles. The van der Waals surface area contributed by atoms with Crippen molar-refractivity contribution in [2.45, 2.75) is 25.4 Å². The van der Waals surface area contributed by atoms with E-state index in [4.69, 9.17) is 4.74 Å². The first-order valence-electron chi connectivity index (χ1n) is 7.03. The average molecular weight is 269 g/mol. The van der Waals surface area contributed by atoms with Crippen molar-refractivity contribution < 1.29 is 9.84 Å². The van der Waals surface area contributed by atoms with Crippen LogP contribution in [-0.2, 0) is 12.8 Å². The molecule has 3 heteroatoms. The number of benzene rings is 1. The van der Waals surface area contributed by atoms with Crippen molar-refractivity contribution in [3.8, 4) is 5.88 Å². The molecular weight excluding hydrogens is 250 g/mol. The van der Waals surface area contributed by atoms with Gasteiger partial charge < -0.3 is 9.84 Å². The van der Waals surface area contributed by atoms with Crippen LogP contribution in [0.25, 0.3) is 0 Å². The maximum absolute atomic E-state index is 10.6. The molecule has 0 aliphatic heterocycles. The highest BCUT2D eigenvalue weighted by Gasteiger charge is 2.28. The lowest BCUT2D eigenvalue weighted by molar-refractivity contribution is 0.0932. The lowest BCUT2D eigenvalue weighted by Crippen LogP contribution is -2.22. The smallest absolute Gasteiger partial charge is 0.216 e. The zero-order valence-electron chi connectivity index (χ0n) is 11.6. The summed E-state index contributed by atoms with van der Waals surface area (Å²) in [5, 5.41) is 10.6. The van der Waals surface area contributed by atoms with Crippen molar-refractivity contribution in [2.75, 3.05) is 7.11 Å². The van der Waals surface area contributed by atoms with Gasteiger partial charge in [-0.15, -0.1) is 0 Å². The van der Waals surface area contributed by atoms with Crippen LogP contribution >= 0.6 is 0 Å². The molecule has 3 nitrogen and oxygen atoms in total. The summed E-state index contributed by atoms with van der Waals surface area (Å²) in [6.45, 7) is 0. The number of hydrogen-bond donors (Lipinski definition) is 1. The normalized spacial score (nSPS) is 21.3. The number of aliphatic hydroxyl groups excluding tert-OH is 1. The summed E-state index contributed by atoms with van der Waals surface area (Å²) < 4.78 is 5.30. The van der Waals surface area contributed by atoms with E-state index in [1.165, 1.54) is 5.56 Å². The van der Waals surface area contributed by atoms with Gasteiger partial charge in [0.25, 0.3) is 0 Å². The third-order valence-electron chi connectivity index (χ3n) is 4.13. The van der Waals surface area contributed by atoms with Crippen LogP contribution in [0.15, 0.2) is 42.6 Å². The van der Waals surface area contributed by atoms with Crippen LogP contribution < -0.4 is 4.74 Å². The standard InChI is InChI=1S/C17H19NO2/c1-20-17-14(6-4-10-18-17)11-13-9-8-12-5-2-3-7-15(12)16(13)19/h2-7,10,13,16,19H,8-9,11H2,1H3. The quantitative estimate of drug-likeness (QED) is 0.931. The number of aliphatic hydroxyl groups is 1. The molecule has 2 unspecified atom stereocenters. The number of nitrogens with zero attached hydrogens (tertiary/aromatic N) is 1. The van der Waals surface area contributed by atoms with E-state index >= 15 is 0 Å². The van der Waals surface area contributed by atoms with E-state index in [1.54, 1.807) is 13.3 Å². The van der Waals surface area contributed by atoms with E-state index < -0.39 is 6.10 Å². The minimum absolute atomic E-state index is 0.225. The molecule has 1 aromatic heterocycles. The fraction of sp³-hybridized carbons (Fsp3) is 0.353. The molecule has 0 spiro atoms. The number of rotatable bonds is 3. The van der Waals surface area contributed by atoms with Crippen molar-refractivity contribution in [1.29, 1.82) is 0 Å². The summed E-state index contributed by atoms with van der Waals surface area (Å²) in [6, 6.07) is 12.1. The van der Waals surface area contributed by atoms with Gasteiger partial charge in [0.15, 0.2) is 0 Å². The Bertz CT molecular complexity index is 597. The van der Waals surface area contributed by atoms with Crippen molar-refractivity contribution in [3.63, 3.8) is 0 Å². The van der Waals surface area contributed by atoms with Crippen LogP contribution in [0.2, 0.25) is 0 Å². The van der Waals surface area contributed by atoms with Gasteiger partial charge in [-0.1, -0.05) is 30.3 Å². The van der Waals surface area contributed by atoms with Gasteiger partial charge >= 0.3 is 0 Å². The SMILES string of the molecule is COc1ncccc1CC1CCc2ccccc2C1O. The Hall–Kier alpha value is -1.87. The summed E-state index contributed by atoms with van der Waals surface area (Å²) in [6.07, 6.45) is 4.16. The third-order valence-corrected chi connectivity index (χ3v) is 4.13. The van der Waals surface area contributed by atoms with Crippen LogP contribution in [0.5, 0.6) is 5.88 Å². The predicted molar refractivity (Wildman–Crippen MR) is 77.7 cm³/mol. The molecule has 1 N–H and O–H groups in total. The highest BCUT2D eigenvalue weighted by Crippen LogP contribution is 2.37. The van der Waals surface area contributed by atoms with Crippen LogP contribution in [0.4, 0.5) is 0 Å². The second kappa shape index (κ2) is 5.63. The van der Waals surface area contributed by atoms with E-state index in [-0.39, 0.29) is 5.92 Å². The molecule has 0 saturated carbocycles. The molecule has 20 heavy (non-hydrogen) atoms. The third kappa shape index (κ3) is 2.41. The number of fused-ring (bicyclic) bond motifs is 1. The lowest BCUT2D eigenvalue weighted by Gasteiger charge is -2.30. The number of methoxy groups -OCH3 is 1. The summed E-state index contributed by atoms with van der Waals surface area (Å²) in [5.41, 5.74) is 3.42. The van der Waals surface area contributed by atoms with Gasteiger partial charge in [-0.25, -0.2) is 4.98 Å². The lowest BCUT2D eigenvalue weighted by atomic mass is 9.79. The first-order chi connectivity index (χ1) is 9.79. The number of aryl methyl sites for hydroxylation is 1. The highest BCUT2D eigenvalue weighted by molar-refractivity contribution is 5.33. The summed E-state index contributed by atoms with van der Waals surface area (Å²) in [5.74, 6) is 0.890. The molecule has 2 aromatic rings. The Labute approximate surface area is 119 Å². The number of ether oxygens (including phenoxy) is 1. The molecule has 1 aliphatic carbocycles. The summed E-state index contributed by atoms with van der Waals surface area (Å²) in [7, 11) is 1.64. The Balaban J connectivity index is 1.83. The average Bonchev–Trinajstić information content (AvgIpc) is 2.51. The van der Waals surface area contributed by atoms with Gasteiger partial charge in [-0.3, -0.25) is 0 Å². The molecule has 0 bridgehead atoms. The zero-order valence-corrected chi connectivity index (χ0v) is 11.6. The van der Waals surface area contributed by atoms with Crippen molar-refractivity contribution in [1.82, 2.24) is 4.98 Å². The van der Waals surface area contributed by atoms with E-state index in [0.29, 0.717) is 5.88 Å². The zero-order chi connectivity index (χ0) is 13.9. The van der Waals surface area contributed by atoms with E-state index in [2.05, 4.69) is 11.1 Å². The monoisotopic (exact) mass is 269 g/mol. The number of pyridine rings is 1. The van der Waals surface area contributed by atoms with Crippen molar-refractivity contribution in [2.24, 2.45) is 5.92 Å². The maximum atomic E-state index is 10.6. The van der Waals surface area contributed by atoms with Crippen LogP contribution in [-0.4, -0.2) is 17.2 Å². The Morgan fingerprint density at radius 3 is 2.95 bits per heavy atom. The first-order valence-corrected chi connectivity index (χ1v) is 7.03. The maximum Gasteiger partial charge on any atom is 0.216 e. The van der Waals surface area contributed by atoms with Gasteiger partial charge in [-0.2, -0.15) is 0 Å². The fourth-order valence-electron chi connectivity index (χ4n) is 3.06. The number of aromatic nitrogens is 1. The van der Waals surface area contributed by atoms with Crippen molar-refractivity contribution >= 4 is 0 Å². The van der Waals surface area contributed by atoms with E-state index in [9.17, 15) is 5.11 Å². The van der Waals surface area contributed by atoms with Gasteiger partial charge in [-0.05, 0) is 42.4 Å². The fourth-order valence-corrected chi connectivity index (χ4v) is 3.06. The molecule has 3 rings (SSSR count). The molecule has 0 saturated heterocycles. The molecular formula is C17H19NO2. The minimum Gasteiger partial charge on any atom is -0.481 e. The summed E-state index contributed by atoms with van der Waals surface area (Å²) in [4.78, 5) is 4.23. The molecule has 1 heterocycles. The largest absolute Gasteiger partial charge is 0.481 e. The van der Waals surface area contributed by atoms with Crippen LogP contribution in [0.1, 0.15) is 29.2 Å². The highest BCUT2D eigenvalue weighted by atomic mass is 16.5. The minimum atomic E-state index is -0.398. The van der Waals surface area contributed by atoms with Crippen LogP contribution in [0.3, 0.4) is 0 Å². The predicted octanol–water partition coefficient (Wildman–Crippen LogP) is 2.93. The molecule has 0 radical (unpaired) electrons. The first kappa shape index (κ1) is 13.1.